The first kappa shape index (κ1) is 14.2. The van der Waals surface area contributed by atoms with Gasteiger partial charge in [-0.15, -0.1) is 11.8 Å². The van der Waals surface area contributed by atoms with Crippen LogP contribution in [0.2, 0.25) is 0 Å². The summed E-state index contributed by atoms with van der Waals surface area (Å²) in [7, 11) is 0. The average molecular weight is 289 g/mol. The zero-order valence-electron chi connectivity index (χ0n) is 11.0. The molecule has 0 aliphatic rings. The highest BCUT2D eigenvalue weighted by molar-refractivity contribution is 8.00. The summed E-state index contributed by atoms with van der Waals surface area (Å²) in [5.74, 6) is -0.599. The minimum Gasteiger partial charge on any atom is -0.398 e. The van der Waals surface area contributed by atoms with Crippen LogP contribution in [0.4, 0.5) is 5.69 Å². The number of hydrogen-bond donors (Lipinski definition) is 3. The topological polar surface area (TPSA) is 88.0 Å². The Kier molecular flexibility index (Phi) is 4.47. The number of H-pyrrole nitrogens is 1. The van der Waals surface area contributed by atoms with E-state index in [1.54, 1.807) is 18.3 Å². The van der Waals surface area contributed by atoms with Crippen molar-refractivity contribution < 1.29 is 9.59 Å². The van der Waals surface area contributed by atoms with Crippen LogP contribution in [0.1, 0.15) is 16.1 Å². The number of aromatic amines is 1. The van der Waals surface area contributed by atoms with Gasteiger partial charge in [0.15, 0.2) is 0 Å². The monoisotopic (exact) mass is 289 g/mol. The van der Waals surface area contributed by atoms with Gasteiger partial charge in [-0.2, -0.15) is 0 Å². The fourth-order valence-corrected chi connectivity index (χ4v) is 2.50. The fourth-order valence-electron chi connectivity index (χ4n) is 1.63. The molecule has 1 aromatic carbocycles. The number of nitrogens with two attached hydrogens (primary N) is 1. The SMILES string of the molecule is Cc1c(N)cccc1SCC(=O)NC(=O)c1ccc[nH]1. The highest BCUT2D eigenvalue weighted by Gasteiger charge is 2.11. The maximum absolute atomic E-state index is 11.7. The normalized spacial score (nSPS) is 10.2. The van der Waals surface area contributed by atoms with E-state index in [1.165, 1.54) is 11.8 Å². The third-order valence-electron chi connectivity index (χ3n) is 2.78. The number of imide groups is 1. The van der Waals surface area contributed by atoms with Gasteiger partial charge in [-0.25, -0.2) is 0 Å². The predicted molar refractivity (Wildman–Crippen MR) is 79.6 cm³/mol. The van der Waals surface area contributed by atoms with E-state index in [0.717, 1.165) is 10.5 Å². The van der Waals surface area contributed by atoms with Crippen LogP contribution in [0, 0.1) is 6.92 Å². The lowest BCUT2D eigenvalue weighted by Gasteiger charge is -2.07. The zero-order valence-corrected chi connectivity index (χ0v) is 11.8. The summed E-state index contributed by atoms with van der Waals surface area (Å²) < 4.78 is 0. The lowest BCUT2D eigenvalue weighted by molar-refractivity contribution is -0.117. The standard InChI is InChI=1S/C14H15N3O2S/c1-9-10(15)4-2-6-12(9)20-8-13(18)17-14(19)11-5-3-7-16-11/h2-7,16H,8,15H2,1H3,(H,17,18,19). The van der Waals surface area contributed by atoms with E-state index in [2.05, 4.69) is 10.3 Å². The number of benzene rings is 1. The van der Waals surface area contributed by atoms with Gasteiger partial charge in [0.25, 0.3) is 5.91 Å². The molecule has 104 valence electrons. The van der Waals surface area contributed by atoms with E-state index in [4.69, 9.17) is 5.73 Å². The molecule has 0 radical (unpaired) electrons. The summed E-state index contributed by atoms with van der Waals surface area (Å²) >= 11 is 1.35. The molecule has 0 bridgehead atoms. The van der Waals surface area contributed by atoms with Crippen molar-refractivity contribution in [3.05, 3.63) is 47.8 Å². The largest absolute Gasteiger partial charge is 0.398 e. The zero-order chi connectivity index (χ0) is 14.5. The molecule has 0 fully saturated rings. The number of rotatable bonds is 4. The molecule has 2 rings (SSSR count). The van der Waals surface area contributed by atoms with Crippen molar-refractivity contribution >= 4 is 29.3 Å². The van der Waals surface area contributed by atoms with E-state index in [0.29, 0.717) is 11.4 Å². The van der Waals surface area contributed by atoms with Gasteiger partial charge >= 0.3 is 0 Å². The molecular formula is C14H15N3O2S. The van der Waals surface area contributed by atoms with Crippen LogP contribution in [-0.2, 0) is 4.79 Å². The number of carbonyl (C=O) groups is 2. The minimum absolute atomic E-state index is 0.163. The summed E-state index contributed by atoms with van der Waals surface area (Å²) in [4.78, 5) is 27.1. The molecule has 1 aromatic heterocycles. The number of amides is 2. The van der Waals surface area contributed by atoms with Crippen LogP contribution in [0.5, 0.6) is 0 Å². The van der Waals surface area contributed by atoms with E-state index in [1.807, 2.05) is 25.1 Å². The average Bonchev–Trinajstić information content (AvgIpc) is 2.94. The Morgan fingerprint density at radius 1 is 1.30 bits per heavy atom. The number of hydrogen-bond acceptors (Lipinski definition) is 4. The van der Waals surface area contributed by atoms with Gasteiger partial charge in [0.2, 0.25) is 5.91 Å². The lowest BCUT2D eigenvalue weighted by Crippen LogP contribution is -2.32. The van der Waals surface area contributed by atoms with Crippen LogP contribution in [0.3, 0.4) is 0 Å². The van der Waals surface area contributed by atoms with Crippen molar-refractivity contribution in [1.82, 2.24) is 10.3 Å². The Balaban J connectivity index is 1.89. The number of nitrogen functional groups attached to an aromatic ring is 1. The lowest BCUT2D eigenvalue weighted by atomic mass is 10.2. The van der Waals surface area contributed by atoms with E-state index >= 15 is 0 Å². The van der Waals surface area contributed by atoms with Crippen molar-refractivity contribution in [2.75, 3.05) is 11.5 Å². The molecule has 2 amide bonds. The molecule has 0 saturated heterocycles. The van der Waals surface area contributed by atoms with Crippen LogP contribution in [0.15, 0.2) is 41.4 Å². The Labute approximate surface area is 120 Å². The van der Waals surface area contributed by atoms with Gasteiger partial charge in [0, 0.05) is 16.8 Å². The Hall–Kier alpha value is -2.21. The molecule has 0 aliphatic heterocycles. The van der Waals surface area contributed by atoms with Crippen molar-refractivity contribution in [1.29, 1.82) is 0 Å². The molecule has 0 unspecified atom stereocenters. The van der Waals surface area contributed by atoms with Crippen molar-refractivity contribution in [3.63, 3.8) is 0 Å². The fraction of sp³-hybridized carbons (Fsp3) is 0.143. The number of aromatic nitrogens is 1. The molecule has 1 heterocycles. The van der Waals surface area contributed by atoms with E-state index in [-0.39, 0.29) is 11.7 Å². The van der Waals surface area contributed by atoms with Gasteiger partial charge in [-0.3, -0.25) is 14.9 Å². The molecule has 5 nitrogen and oxygen atoms in total. The number of nitrogens with one attached hydrogen (secondary N) is 2. The first-order chi connectivity index (χ1) is 9.58. The predicted octanol–water partition coefficient (Wildman–Crippen LogP) is 1.95. The second-order valence-electron chi connectivity index (χ2n) is 4.22. The molecule has 0 spiro atoms. The quantitative estimate of drug-likeness (QED) is 0.593. The second kappa shape index (κ2) is 6.29. The van der Waals surface area contributed by atoms with Gasteiger partial charge in [-0.1, -0.05) is 6.07 Å². The third kappa shape index (κ3) is 3.42. The molecule has 6 heteroatoms. The van der Waals surface area contributed by atoms with Crippen LogP contribution < -0.4 is 11.1 Å². The molecule has 2 aromatic rings. The maximum Gasteiger partial charge on any atom is 0.274 e. The van der Waals surface area contributed by atoms with E-state index < -0.39 is 5.91 Å². The highest BCUT2D eigenvalue weighted by Crippen LogP contribution is 2.25. The smallest absolute Gasteiger partial charge is 0.274 e. The van der Waals surface area contributed by atoms with Gasteiger partial charge in [0.1, 0.15) is 5.69 Å². The minimum atomic E-state index is -0.426. The van der Waals surface area contributed by atoms with Gasteiger partial charge in [0.05, 0.1) is 5.75 Å². The molecule has 20 heavy (non-hydrogen) atoms. The van der Waals surface area contributed by atoms with Crippen molar-refractivity contribution in [2.24, 2.45) is 0 Å². The second-order valence-corrected chi connectivity index (χ2v) is 5.24. The highest BCUT2D eigenvalue weighted by atomic mass is 32.2. The van der Waals surface area contributed by atoms with Crippen LogP contribution in [0.25, 0.3) is 0 Å². The summed E-state index contributed by atoms with van der Waals surface area (Å²) in [6.07, 6.45) is 1.63. The Bertz CT molecular complexity index is 623. The number of thioether (sulfide) groups is 1. The van der Waals surface area contributed by atoms with Gasteiger partial charge in [-0.05, 0) is 36.8 Å². The summed E-state index contributed by atoms with van der Waals surface area (Å²) in [6.45, 7) is 1.90. The molecular weight excluding hydrogens is 274 g/mol. The number of anilines is 1. The summed E-state index contributed by atoms with van der Waals surface area (Å²) in [5, 5.41) is 2.33. The van der Waals surface area contributed by atoms with Crippen LogP contribution >= 0.6 is 11.8 Å². The maximum atomic E-state index is 11.7. The first-order valence-electron chi connectivity index (χ1n) is 6.03. The Morgan fingerprint density at radius 3 is 2.80 bits per heavy atom. The molecule has 0 saturated carbocycles. The summed E-state index contributed by atoms with van der Waals surface area (Å²) in [5.41, 5.74) is 7.80. The first-order valence-corrected chi connectivity index (χ1v) is 7.02. The molecule has 4 N–H and O–H groups in total. The van der Waals surface area contributed by atoms with Crippen LogP contribution in [-0.4, -0.2) is 22.6 Å². The third-order valence-corrected chi connectivity index (χ3v) is 3.94. The van der Waals surface area contributed by atoms with Crippen molar-refractivity contribution in [3.8, 4) is 0 Å². The molecule has 0 atom stereocenters. The number of carbonyl (C=O) groups excluding carboxylic acids is 2. The van der Waals surface area contributed by atoms with Crippen molar-refractivity contribution in [2.45, 2.75) is 11.8 Å². The van der Waals surface area contributed by atoms with E-state index in [9.17, 15) is 9.59 Å². The molecule has 0 aliphatic carbocycles. The summed E-state index contributed by atoms with van der Waals surface area (Å²) in [6, 6.07) is 8.86. The van der Waals surface area contributed by atoms with Gasteiger partial charge < -0.3 is 10.7 Å². The Morgan fingerprint density at radius 2 is 2.10 bits per heavy atom.